The smallest absolute Gasteiger partial charge is 0.0710 e. The summed E-state index contributed by atoms with van der Waals surface area (Å²) in [6.45, 7) is 5.60. The van der Waals surface area contributed by atoms with Crippen LogP contribution < -0.4 is 0 Å². The van der Waals surface area contributed by atoms with Crippen LogP contribution in [-0.2, 0) is 0 Å². The normalized spacial score (nSPS) is 10.5. The molecule has 1 nitrogen and oxygen atoms in total. The maximum absolute atomic E-state index is 5.95. The van der Waals surface area contributed by atoms with E-state index < -0.39 is 0 Å². The van der Waals surface area contributed by atoms with Gasteiger partial charge in [0, 0.05) is 11.8 Å². The minimum Gasteiger partial charge on any atom is -0.256 e. The summed E-state index contributed by atoms with van der Waals surface area (Å²) in [7, 11) is 0. The maximum atomic E-state index is 5.95. The van der Waals surface area contributed by atoms with Gasteiger partial charge in [0.25, 0.3) is 0 Å². The maximum Gasteiger partial charge on any atom is 0.0710 e. The zero-order chi connectivity index (χ0) is 8.97. The third-order valence-corrected chi connectivity index (χ3v) is 1.82. The van der Waals surface area contributed by atoms with E-state index in [4.69, 9.17) is 11.6 Å². The van der Waals surface area contributed by atoms with Crippen LogP contribution in [0.4, 0.5) is 0 Å². The molecule has 0 aliphatic heterocycles. The van der Waals surface area contributed by atoms with Gasteiger partial charge in [-0.1, -0.05) is 30.3 Å². The van der Waals surface area contributed by atoms with Gasteiger partial charge in [-0.25, -0.2) is 0 Å². The van der Waals surface area contributed by atoms with Gasteiger partial charge in [-0.3, -0.25) is 4.98 Å². The Morgan fingerprint density at radius 1 is 1.58 bits per heavy atom. The second-order valence-electron chi connectivity index (χ2n) is 2.30. The van der Waals surface area contributed by atoms with Crippen molar-refractivity contribution in [3.8, 4) is 0 Å². The van der Waals surface area contributed by atoms with E-state index in [1.54, 1.807) is 18.3 Å². The van der Waals surface area contributed by atoms with Gasteiger partial charge in [-0.05, 0) is 19.1 Å². The topological polar surface area (TPSA) is 12.9 Å². The highest BCUT2D eigenvalue weighted by molar-refractivity contribution is 6.32. The molecule has 0 radical (unpaired) electrons. The van der Waals surface area contributed by atoms with Crippen molar-refractivity contribution < 1.29 is 0 Å². The largest absolute Gasteiger partial charge is 0.256 e. The highest BCUT2D eigenvalue weighted by Crippen LogP contribution is 2.20. The zero-order valence-electron chi connectivity index (χ0n) is 6.92. The second-order valence-corrected chi connectivity index (χ2v) is 2.70. The Morgan fingerprint density at radius 3 is 2.92 bits per heavy atom. The average Bonchev–Trinajstić information content (AvgIpc) is 2.09. The third-order valence-electron chi connectivity index (χ3n) is 1.49. The summed E-state index contributed by atoms with van der Waals surface area (Å²) < 4.78 is 0. The van der Waals surface area contributed by atoms with E-state index in [0.717, 1.165) is 11.3 Å². The molecule has 1 aromatic heterocycles. The molecule has 12 heavy (non-hydrogen) atoms. The van der Waals surface area contributed by atoms with E-state index in [9.17, 15) is 0 Å². The minimum absolute atomic E-state index is 0.706. The molecule has 0 aliphatic rings. The third kappa shape index (κ3) is 1.74. The Morgan fingerprint density at radius 2 is 2.33 bits per heavy atom. The molecular formula is C10H10ClN. The van der Waals surface area contributed by atoms with Crippen LogP contribution in [0.25, 0.3) is 12.2 Å². The molecule has 0 aromatic carbocycles. The van der Waals surface area contributed by atoms with E-state index in [2.05, 4.69) is 11.6 Å². The van der Waals surface area contributed by atoms with Crippen molar-refractivity contribution in [2.24, 2.45) is 0 Å². The molecule has 1 heterocycles. The van der Waals surface area contributed by atoms with E-state index in [1.807, 2.05) is 19.1 Å². The minimum atomic E-state index is 0.706. The molecule has 0 saturated heterocycles. The molecule has 0 amide bonds. The molecule has 0 N–H and O–H groups in total. The monoisotopic (exact) mass is 179 g/mol. The van der Waals surface area contributed by atoms with Gasteiger partial charge in [0.1, 0.15) is 0 Å². The van der Waals surface area contributed by atoms with Crippen molar-refractivity contribution in [2.45, 2.75) is 6.92 Å². The Kier molecular flexibility index (Phi) is 3.06. The number of aromatic nitrogens is 1. The Labute approximate surface area is 77.4 Å². The van der Waals surface area contributed by atoms with E-state index in [-0.39, 0.29) is 0 Å². The number of pyridine rings is 1. The molecular weight excluding hydrogens is 170 g/mol. The molecule has 2 heteroatoms. The lowest BCUT2D eigenvalue weighted by Gasteiger charge is -2.00. The first-order chi connectivity index (χ1) is 5.79. The van der Waals surface area contributed by atoms with Crippen molar-refractivity contribution >= 4 is 23.8 Å². The Balaban J connectivity index is 3.28. The van der Waals surface area contributed by atoms with E-state index >= 15 is 0 Å². The summed E-state index contributed by atoms with van der Waals surface area (Å²) >= 11 is 5.95. The summed E-state index contributed by atoms with van der Waals surface area (Å²) in [6, 6.07) is 1.77. The van der Waals surface area contributed by atoms with Crippen LogP contribution in [0.15, 0.2) is 24.9 Å². The van der Waals surface area contributed by atoms with Crippen molar-refractivity contribution in [1.82, 2.24) is 4.98 Å². The number of rotatable bonds is 2. The fraction of sp³-hybridized carbons (Fsp3) is 0.100. The van der Waals surface area contributed by atoms with Gasteiger partial charge < -0.3 is 0 Å². The number of allylic oxidation sites excluding steroid dienone is 1. The molecule has 0 aliphatic carbocycles. The summed E-state index contributed by atoms with van der Waals surface area (Å²) in [6.07, 6.45) is 7.22. The second kappa shape index (κ2) is 4.07. The number of hydrogen-bond donors (Lipinski definition) is 0. The molecule has 62 valence electrons. The van der Waals surface area contributed by atoms with Crippen molar-refractivity contribution in [1.29, 1.82) is 0 Å². The Bertz CT molecular complexity index is 316. The van der Waals surface area contributed by atoms with Crippen LogP contribution in [0.1, 0.15) is 18.2 Å². The van der Waals surface area contributed by atoms with Crippen molar-refractivity contribution in [2.75, 3.05) is 0 Å². The number of nitrogens with zero attached hydrogens (tertiary/aromatic N) is 1. The Hall–Kier alpha value is -1.08. The SMILES string of the molecule is C=Cc1nccc(Cl)c1/C=C\C. The lowest BCUT2D eigenvalue weighted by Crippen LogP contribution is -1.86. The van der Waals surface area contributed by atoms with Gasteiger partial charge in [-0.2, -0.15) is 0 Å². The molecule has 1 rings (SSSR count). The van der Waals surface area contributed by atoms with Gasteiger partial charge in [0.2, 0.25) is 0 Å². The standard InChI is InChI=1S/C10H10ClN/c1-3-5-8-9(11)6-7-12-10(8)4-2/h3-7H,2H2,1H3/b5-3-. The average molecular weight is 180 g/mol. The number of halogens is 1. The van der Waals surface area contributed by atoms with Crippen LogP contribution >= 0.6 is 11.6 Å². The first-order valence-electron chi connectivity index (χ1n) is 3.69. The highest BCUT2D eigenvalue weighted by Gasteiger charge is 2.00. The van der Waals surface area contributed by atoms with Gasteiger partial charge in [0.15, 0.2) is 0 Å². The van der Waals surface area contributed by atoms with Gasteiger partial charge in [-0.15, -0.1) is 0 Å². The fourth-order valence-electron chi connectivity index (χ4n) is 0.959. The fourth-order valence-corrected chi connectivity index (χ4v) is 1.18. The molecule has 0 saturated carbocycles. The quantitative estimate of drug-likeness (QED) is 0.678. The molecule has 1 aromatic rings. The summed E-state index contributed by atoms with van der Waals surface area (Å²) in [5.74, 6) is 0. The first kappa shape index (κ1) is 9.01. The van der Waals surface area contributed by atoms with Crippen LogP contribution in [0, 0.1) is 0 Å². The zero-order valence-corrected chi connectivity index (χ0v) is 7.67. The number of hydrogen-bond acceptors (Lipinski definition) is 1. The molecule has 0 spiro atoms. The van der Waals surface area contributed by atoms with E-state index in [0.29, 0.717) is 5.02 Å². The van der Waals surface area contributed by atoms with Gasteiger partial charge >= 0.3 is 0 Å². The van der Waals surface area contributed by atoms with Crippen LogP contribution in [0.5, 0.6) is 0 Å². The summed E-state index contributed by atoms with van der Waals surface area (Å²) in [4.78, 5) is 4.12. The lowest BCUT2D eigenvalue weighted by molar-refractivity contribution is 1.28. The van der Waals surface area contributed by atoms with Crippen molar-refractivity contribution in [3.63, 3.8) is 0 Å². The summed E-state index contributed by atoms with van der Waals surface area (Å²) in [5, 5.41) is 0.706. The van der Waals surface area contributed by atoms with Crippen LogP contribution in [0.2, 0.25) is 5.02 Å². The molecule has 0 fully saturated rings. The predicted octanol–water partition coefficient (Wildman–Crippen LogP) is 3.41. The molecule has 0 atom stereocenters. The predicted molar refractivity (Wildman–Crippen MR) is 54.0 cm³/mol. The molecule has 0 unspecified atom stereocenters. The summed E-state index contributed by atoms with van der Waals surface area (Å²) in [5.41, 5.74) is 1.75. The van der Waals surface area contributed by atoms with Crippen LogP contribution in [-0.4, -0.2) is 4.98 Å². The van der Waals surface area contributed by atoms with Crippen LogP contribution in [0.3, 0.4) is 0 Å². The molecule has 0 bridgehead atoms. The highest BCUT2D eigenvalue weighted by atomic mass is 35.5. The van der Waals surface area contributed by atoms with Gasteiger partial charge in [0.05, 0.1) is 10.7 Å². The lowest BCUT2D eigenvalue weighted by atomic mass is 10.2. The first-order valence-corrected chi connectivity index (χ1v) is 4.07. The van der Waals surface area contributed by atoms with E-state index in [1.165, 1.54) is 0 Å². The van der Waals surface area contributed by atoms with Crippen molar-refractivity contribution in [3.05, 3.63) is 41.2 Å².